The normalized spacial score (nSPS) is 31.9. The number of carbonyl (C=O) groups excluding carboxylic acids is 1. The lowest BCUT2D eigenvalue weighted by Crippen LogP contribution is -2.22. The van der Waals surface area contributed by atoms with E-state index in [-0.39, 0.29) is 17.2 Å². The van der Waals surface area contributed by atoms with Crippen LogP contribution < -0.4 is 5.43 Å². The number of amides is 1. The standard InChI is InChI=1S/C16H19BrN2O/c1-16-9-3-2-4-13(16)14(16)15(20)19-18-10-11-5-7-12(17)8-6-11/h5-8,10,13-14H,2-4,9H2,1H3,(H,19,20). The van der Waals surface area contributed by atoms with Crippen molar-refractivity contribution in [3.8, 4) is 0 Å². The van der Waals surface area contributed by atoms with Crippen LogP contribution in [0, 0.1) is 17.3 Å². The molecule has 1 N–H and O–H groups in total. The first kappa shape index (κ1) is 13.8. The fourth-order valence-corrected chi connectivity index (χ4v) is 3.90. The Balaban J connectivity index is 1.56. The lowest BCUT2D eigenvalue weighted by Gasteiger charge is -2.15. The number of fused-ring (bicyclic) bond motifs is 1. The fraction of sp³-hybridized carbons (Fsp3) is 0.500. The molecule has 0 heterocycles. The minimum Gasteiger partial charge on any atom is -0.273 e. The Kier molecular flexibility index (Phi) is 3.67. The van der Waals surface area contributed by atoms with Crippen molar-refractivity contribution in [1.29, 1.82) is 0 Å². The molecule has 0 saturated heterocycles. The maximum absolute atomic E-state index is 12.2. The molecule has 0 aromatic heterocycles. The minimum absolute atomic E-state index is 0.0905. The summed E-state index contributed by atoms with van der Waals surface area (Å²) in [5.74, 6) is 0.846. The lowest BCUT2D eigenvalue weighted by atomic mass is 9.90. The van der Waals surface area contributed by atoms with Crippen LogP contribution in [0.3, 0.4) is 0 Å². The number of nitrogens with zero attached hydrogens (tertiary/aromatic N) is 1. The molecule has 106 valence electrons. The highest BCUT2D eigenvalue weighted by Crippen LogP contribution is 2.66. The van der Waals surface area contributed by atoms with Crippen LogP contribution in [0.25, 0.3) is 0 Å². The summed E-state index contributed by atoms with van der Waals surface area (Å²) in [7, 11) is 0. The molecule has 20 heavy (non-hydrogen) atoms. The van der Waals surface area contributed by atoms with Gasteiger partial charge in [-0.1, -0.05) is 47.8 Å². The number of rotatable bonds is 3. The molecule has 0 aliphatic heterocycles. The second-order valence-electron chi connectivity index (χ2n) is 6.12. The molecule has 2 aliphatic carbocycles. The smallest absolute Gasteiger partial charge is 0.244 e. The van der Waals surface area contributed by atoms with Crippen LogP contribution >= 0.6 is 15.9 Å². The van der Waals surface area contributed by atoms with Gasteiger partial charge in [0, 0.05) is 10.4 Å². The SMILES string of the molecule is CC12CCCCC1C2C(=O)NN=Cc1ccc(Br)cc1. The van der Waals surface area contributed by atoms with Crippen molar-refractivity contribution < 1.29 is 4.79 Å². The molecule has 3 atom stereocenters. The van der Waals surface area contributed by atoms with E-state index in [4.69, 9.17) is 0 Å². The van der Waals surface area contributed by atoms with E-state index in [2.05, 4.69) is 33.4 Å². The van der Waals surface area contributed by atoms with Crippen LogP contribution in [-0.2, 0) is 4.79 Å². The number of hydrogen-bond donors (Lipinski definition) is 1. The Morgan fingerprint density at radius 1 is 1.40 bits per heavy atom. The molecule has 1 aromatic carbocycles. The van der Waals surface area contributed by atoms with Gasteiger partial charge in [-0.3, -0.25) is 4.79 Å². The minimum atomic E-state index is 0.0905. The summed E-state index contributed by atoms with van der Waals surface area (Å²) in [5.41, 5.74) is 3.93. The fourth-order valence-electron chi connectivity index (χ4n) is 3.64. The van der Waals surface area contributed by atoms with Crippen molar-refractivity contribution in [1.82, 2.24) is 5.43 Å². The van der Waals surface area contributed by atoms with E-state index in [1.807, 2.05) is 24.3 Å². The third-order valence-corrected chi connectivity index (χ3v) is 5.40. The summed E-state index contributed by atoms with van der Waals surface area (Å²) >= 11 is 3.39. The van der Waals surface area contributed by atoms with Gasteiger partial charge in [0.25, 0.3) is 0 Å². The van der Waals surface area contributed by atoms with Gasteiger partial charge in [-0.15, -0.1) is 0 Å². The molecule has 2 aliphatic rings. The molecular formula is C16H19BrN2O. The van der Waals surface area contributed by atoms with Crippen LogP contribution in [0.5, 0.6) is 0 Å². The summed E-state index contributed by atoms with van der Waals surface area (Å²) in [5, 5.41) is 4.08. The maximum atomic E-state index is 12.2. The van der Waals surface area contributed by atoms with E-state index in [1.54, 1.807) is 6.21 Å². The maximum Gasteiger partial charge on any atom is 0.244 e. The van der Waals surface area contributed by atoms with Crippen LogP contribution in [-0.4, -0.2) is 12.1 Å². The van der Waals surface area contributed by atoms with Crippen molar-refractivity contribution >= 4 is 28.1 Å². The summed E-state index contributed by atoms with van der Waals surface area (Å²) in [6, 6.07) is 7.83. The van der Waals surface area contributed by atoms with E-state index in [0.29, 0.717) is 5.92 Å². The predicted molar refractivity (Wildman–Crippen MR) is 83.4 cm³/mol. The molecule has 1 aromatic rings. The van der Waals surface area contributed by atoms with Gasteiger partial charge in [0.15, 0.2) is 0 Å². The zero-order valence-electron chi connectivity index (χ0n) is 11.6. The van der Waals surface area contributed by atoms with Crippen LogP contribution in [0.15, 0.2) is 33.8 Å². The van der Waals surface area contributed by atoms with Crippen LogP contribution in [0.1, 0.15) is 38.2 Å². The number of hydrogen-bond acceptors (Lipinski definition) is 2. The third kappa shape index (κ3) is 2.53. The first-order valence-electron chi connectivity index (χ1n) is 7.20. The van der Waals surface area contributed by atoms with E-state index in [1.165, 1.54) is 25.7 Å². The quantitative estimate of drug-likeness (QED) is 0.664. The summed E-state index contributed by atoms with van der Waals surface area (Å²) in [4.78, 5) is 12.2. The van der Waals surface area contributed by atoms with E-state index in [9.17, 15) is 4.79 Å². The number of benzene rings is 1. The molecule has 3 unspecified atom stereocenters. The first-order chi connectivity index (χ1) is 9.61. The Labute approximate surface area is 128 Å². The number of carbonyl (C=O) groups is 1. The molecule has 0 radical (unpaired) electrons. The Bertz CT molecular complexity index is 540. The van der Waals surface area contributed by atoms with Crippen molar-refractivity contribution in [3.05, 3.63) is 34.3 Å². The van der Waals surface area contributed by atoms with Crippen molar-refractivity contribution in [2.75, 3.05) is 0 Å². The monoisotopic (exact) mass is 334 g/mol. The van der Waals surface area contributed by atoms with E-state index in [0.717, 1.165) is 10.0 Å². The van der Waals surface area contributed by atoms with E-state index >= 15 is 0 Å². The molecule has 3 nitrogen and oxygen atoms in total. The second kappa shape index (κ2) is 5.32. The van der Waals surface area contributed by atoms with Gasteiger partial charge in [-0.2, -0.15) is 5.10 Å². The van der Waals surface area contributed by atoms with Gasteiger partial charge in [-0.25, -0.2) is 5.43 Å². The molecule has 0 spiro atoms. The van der Waals surface area contributed by atoms with Gasteiger partial charge in [0.1, 0.15) is 0 Å². The molecule has 4 heteroatoms. The van der Waals surface area contributed by atoms with Gasteiger partial charge in [0.2, 0.25) is 5.91 Å². The highest BCUT2D eigenvalue weighted by Gasteiger charge is 2.64. The second-order valence-corrected chi connectivity index (χ2v) is 7.04. The van der Waals surface area contributed by atoms with Crippen LogP contribution in [0.4, 0.5) is 0 Å². The summed E-state index contributed by atoms with van der Waals surface area (Å²) in [6.07, 6.45) is 6.61. The van der Waals surface area contributed by atoms with Crippen molar-refractivity contribution in [2.45, 2.75) is 32.6 Å². The van der Waals surface area contributed by atoms with Crippen molar-refractivity contribution in [2.24, 2.45) is 22.4 Å². The third-order valence-electron chi connectivity index (χ3n) is 4.87. The zero-order valence-corrected chi connectivity index (χ0v) is 13.2. The molecule has 0 bridgehead atoms. The average Bonchev–Trinajstić information content (AvgIpc) is 3.06. The summed E-state index contributed by atoms with van der Waals surface area (Å²) < 4.78 is 1.04. The van der Waals surface area contributed by atoms with Gasteiger partial charge in [0.05, 0.1) is 6.21 Å². The average molecular weight is 335 g/mol. The highest BCUT2D eigenvalue weighted by atomic mass is 79.9. The molecular weight excluding hydrogens is 316 g/mol. The largest absolute Gasteiger partial charge is 0.273 e. The topological polar surface area (TPSA) is 41.5 Å². The number of halogens is 1. The van der Waals surface area contributed by atoms with Gasteiger partial charge < -0.3 is 0 Å². The molecule has 3 rings (SSSR count). The molecule has 2 saturated carbocycles. The first-order valence-corrected chi connectivity index (χ1v) is 7.99. The Morgan fingerprint density at radius 3 is 2.80 bits per heavy atom. The Morgan fingerprint density at radius 2 is 2.15 bits per heavy atom. The van der Waals surface area contributed by atoms with Crippen LogP contribution in [0.2, 0.25) is 0 Å². The Hall–Kier alpha value is -1.16. The zero-order chi connectivity index (χ0) is 14.2. The van der Waals surface area contributed by atoms with Gasteiger partial charge in [-0.05, 0) is 41.9 Å². The van der Waals surface area contributed by atoms with Gasteiger partial charge >= 0.3 is 0 Å². The lowest BCUT2D eigenvalue weighted by molar-refractivity contribution is -0.123. The number of nitrogens with one attached hydrogen (secondary N) is 1. The molecule has 2 fully saturated rings. The summed E-state index contributed by atoms with van der Waals surface area (Å²) in [6.45, 7) is 2.25. The predicted octanol–water partition coefficient (Wildman–Crippen LogP) is 3.73. The van der Waals surface area contributed by atoms with E-state index < -0.39 is 0 Å². The number of hydrazone groups is 1. The molecule has 1 amide bonds. The van der Waals surface area contributed by atoms with Crippen molar-refractivity contribution in [3.63, 3.8) is 0 Å². The highest BCUT2D eigenvalue weighted by molar-refractivity contribution is 9.10.